The van der Waals surface area contributed by atoms with Crippen LogP contribution in [0, 0.1) is 0 Å². The molecule has 0 aromatic carbocycles. The average molecular weight is 315 g/mol. The summed E-state index contributed by atoms with van der Waals surface area (Å²) in [5.41, 5.74) is 6.21. The number of likely N-dealkylation sites (N-methyl/N-ethyl adjacent to an activating group) is 1. The van der Waals surface area contributed by atoms with E-state index in [0.29, 0.717) is 0 Å². The molecule has 0 bridgehead atoms. The van der Waals surface area contributed by atoms with Gasteiger partial charge in [-0.3, -0.25) is 4.90 Å². The lowest BCUT2D eigenvalue weighted by Gasteiger charge is -2.32. The zero-order chi connectivity index (χ0) is 13.8. The van der Waals surface area contributed by atoms with Crippen molar-refractivity contribution in [3.63, 3.8) is 0 Å². The number of thiophene rings is 2. The van der Waals surface area contributed by atoms with Crippen LogP contribution >= 0.6 is 34.3 Å². The van der Waals surface area contributed by atoms with E-state index < -0.39 is 0 Å². The van der Waals surface area contributed by atoms with Crippen molar-refractivity contribution in [2.45, 2.75) is 32.5 Å². The lowest BCUT2D eigenvalue weighted by Crippen LogP contribution is -2.38. The van der Waals surface area contributed by atoms with Crippen molar-refractivity contribution < 1.29 is 0 Å². The molecule has 2 rings (SSSR count). The predicted molar refractivity (Wildman–Crippen MR) is 86.1 cm³/mol. The molecule has 2 nitrogen and oxygen atoms in total. The molecule has 2 aromatic rings. The molecule has 2 unspecified atom stereocenters. The van der Waals surface area contributed by atoms with Crippen LogP contribution in [-0.4, -0.2) is 17.5 Å². The van der Waals surface area contributed by atoms with Gasteiger partial charge in [0.25, 0.3) is 0 Å². The Morgan fingerprint density at radius 1 is 1.37 bits per heavy atom. The van der Waals surface area contributed by atoms with Crippen molar-refractivity contribution in [1.29, 1.82) is 0 Å². The topological polar surface area (TPSA) is 29.3 Å². The van der Waals surface area contributed by atoms with Gasteiger partial charge >= 0.3 is 0 Å². The highest BCUT2D eigenvalue weighted by molar-refractivity contribution is 7.16. The van der Waals surface area contributed by atoms with Gasteiger partial charge in [-0.1, -0.05) is 24.6 Å². The number of hydrogen-bond donors (Lipinski definition) is 1. The second kappa shape index (κ2) is 6.86. The van der Waals surface area contributed by atoms with Gasteiger partial charge in [0.2, 0.25) is 0 Å². The summed E-state index contributed by atoms with van der Waals surface area (Å²) in [7, 11) is 0. The molecular formula is C14H19ClN2S2. The van der Waals surface area contributed by atoms with E-state index in [-0.39, 0.29) is 12.1 Å². The predicted octanol–water partition coefficient (Wildman–Crippen LogP) is 4.37. The van der Waals surface area contributed by atoms with Crippen molar-refractivity contribution in [2.24, 2.45) is 5.73 Å². The Morgan fingerprint density at radius 3 is 2.63 bits per heavy atom. The first-order valence-corrected chi connectivity index (χ1v) is 8.46. The molecule has 0 spiro atoms. The minimum atomic E-state index is 0.0784. The summed E-state index contributed by atoms with van der Waals surface area (Å²) in [5, 5.41) is 2.12. The van der Waals surface area contributed by atoms with E-state index in [1.807, 2.05) is 6.07 Å². The summed E-state index contributed by atoms with van der Waals surface area (Å²) >= 11 is 9.48. The number of nitrogens with zero attached hydrogens (tertiary/aromatic N) is 1. The third-order valence-corrected chi connectivity index (χ3v) is 5.29. The van der Waals surface area contributed by atoms with Gasteiger partial charge in [-0.2, -0.15) is 0 Å². The van der Waals surface area contributed by atoms with Crippen LogP contribution in [0.1, 0.15) is 29.6 Å². The lowest BCUT2D eigenvalue weighted by atomic mass is 10.1. The van der Waals surface area contributed by atoms with E-state index >= 15 is 0 Å². The Morgan fingerprint density at radius 2 is 2.16 bits per heavy atom. The van der Waals surface area contributed by atoms with Gasteiger partial charge in [-0.25, -0.2) is 0 Å². The third-order valence-electron chi connectivity index (χ3n) is 3.12. The van der Waals surface area contributed by atoms with Crippen LogP contribution in [0.25, 0.3) is 0 Å². The van der Waals surface area contributed by atoms with E-state index in [2.05, 4.69) is 42.3 Å². The summed E-state index contributed by atoms with van der Waals surface area (Å²) in [4.78, 5) is 5.03. The van der Waals surface area contributed by atoms with Crippen LogP contribution in [0.5, 0.6) is 0 Å². The highest BCUT2D eigenvalue weighted by Gasteiger charge is 2.24. The number of nitrogens with two attached hydrogens (primary N) is 1. The van der Waals surface area contributed by atoms with Crippen LogP contribution < -0.4 is 5.73 Å². The fraction of sp³-hybridized carbons (Fsp3) is 0.429. The third kappa shape index (κ3) is 3.80. The van der Waals surface area contributed by atoms with E-state index in [4.69, 9.17) is 17.3 Å². The molecule has 0 aliphatic heterocycles. The first-order chi connectivity index (χ1) is 9.11. The molecule has 0 amide bonds. The van der Waals surface area contributed by atoms with Gasteiger partial charge in [0.1, 0.15) is 0 Å². The minimum absolute atomic E-state index is 0.0784. The van der Waals surface area contributed by atoms with E-state index in [0.717, 1.165) is 17.4 Å². The van der Waals surface area contributed by atoms with E-state index in [1.54, 1.807) is 22.7 Å². The molecule has 2 aromatic heterocycles. The first-order valence-electron chi connectivity index (χ1n) is 6.39. The van der Waals surface area contributed by atoms with Gasteiger partial charge < -0.3 is 5.73 Å². The zero-order valence-electron chi connectivity index (χ0n) is 11.2. The Hall–Kier alpha value is -0.390. The Labute approximate surface area is 127 Å². The van der Waals surface area contributed by atoms with Gasteiger partial charge in [-0.15, -0.1) is 22.7 Å². The Kier molecular flexibility index (Phi) is 5.42. The van der Waals surface area contributed by atoms with Crippen LogP contribution in [0.3, 0.4) is 0 Å². The lowest BCUT2D eigenvalue weighted by molar-refractivity contribution is 0.181. The van der Waals surface area contributed by atoms with Crippen molar-refractivity contribution >= 4 is 34.3 Å². The summed E-state index contributed by atoms with van der Waals surface area (Å²) in [6.45, 7) is 6.16. The molecule has 19 heavy (non-hydrogen) atoms. The first kappa shape index (κ1) is 15.0. The minimum Gasteiger partial charge on any atom is -0.326 e. The molecule has 2 N–H and O–H groups in total. The monoisotopic (exact) mass is 314 g/mol. The second-order valence-corrected chi connectivity index (χ2v) is 7.37. The highest BCUT2D eigenvalue weighted by Crippen LogP contribution is 2.33. The molecule has 2 heterocycles. The molecule has 0 saturated carbocycles. The maximum atomic E-state index is 6.21. The molecule has 104 valence electrons. The summed E-state index contributed by atoms with van der Waals surface area (Å²) in [5.74, 6) is 0. The molecular weight excluding hydrogens is 296 g/mol. The van der Waals surface area contributed by atoms with Gasteiger partial charge in [0.05, 0.1) is 10.4 Å². The Bertz CT molecular complexity index is 493. The molecule has 0 radical (unpaired) electrons. The van der Waals surface area contributed by atoms with Gasteiger partial charge in [-0.05, 0) is 37.0 Å². The quantitative estimate of drug-likeness (QED) is 0.857. The number of hydrogen-bond acceptors (Lipinski definition) is 4. The normalized spacial score (nSPS) is 14.8. The smallest absolute Gasteiger partial charge is 0.0931 e. The second-order valence-electron chi connectivity index (χ2n) is 4.59. The number of halogens is 1. The Balaban J connectivity index is 2.21. The molecule has 0 aliphatic carbocycles. The van der Waals surface area contributed by atoms with Crippen molar-refractivity contribution in [1.82, 2.24) is 4.90 Å². The molecule has 0 saturated heterocycles. The molecule has 5 heteroatoms. The fourth-order valence-electron chi connectivity index (χ4n) is 2.27. The van der Waals surface area contributed by atoms with Gasteiger partial charge in [0, 0.05) is 22.3 Å². The van der Waals surface area contributed by atoms with E-state index in [9.17, 15) is 0 Å². The van der Waals surface area contributed by atoms with Gasteiger partial charge in [0.15, 0.2) is 0 Å². The zero-order valence-corrected chi connectivity index (χ0v) is 13.6. The number of rotatable bonds is 6. The molecule has 0 aliphatic rings. The largest absolute Gasteiger partial charge is 0.326 e. The summed E-state index contributed by atoms with van der Waals surface area (Å²) in [6, 6.07) is 8.62. The standard InChI is InChI=1S/C14H19ClN2S2/c1-3-17(9-11-5-4-8-18-11)14(10(2)16)12-6-7-13(15)19-12/h4-8,10,14H,3,9,16H2,1-2H3. The van der Waals surface area contributed by atoms with Crippen LogP contribution in [0.4, 0.5) is 0 Å². The van der Waals surface area contributed by atoms with Crippen molar-refractivity contribution in [3.8, 4) is 0 Å². The highest BCUT2D eigenvalue weighted by atomic mass is 35.5. The fourth-order valence-corrected chi connectivity index (χ4v) is 4.31. The van der Waals surface area contributed by atoms with Crippen LogP contribution in [0.15, 0.2) is 29.6 Å². The maximum absolute atomic E-state index is 6.21. The average Bonchev–Trinajstić information content (AvgIpc) is 3.00. The van der Waals surface area contributed by atoms with Crippen LogP contribution in [-0.2, 0) is 6.54 Å². The molecule has 0 fully saturated rings. The summed E-state index contributed by atoms with van der Waals surface area (Å²) < 4.78 is 0.827. The van der Waals surface area contributed by atoms with Crippen LogP contribution in [0.2, 0.25) is 4.34 Å². The van der Waals surface area contributed by atoms with E-state index in [1.165, 1.54) is 9.75 Å². The SMILES string of the molecule is CCN(Cc1cccs1)C(c1ccc(Cl)s1)C(C)N. The molecule has 2 atom stereocenters. The summed E-state index contributed by atoms with van der Waals surface area (Å²) in [6.07, 6.45) is 0. The maximum Gasteiger partial charge on any atom is 0.0931 e. The van der Waals surface area contributed by atoms with Crippen molar-refractivity contribution in [2.75, 3.05) is 6.54 Å². The van der Waals surface area contributed by atoms with Crippen molar-refractivity contribution in [3.05, 3.63) is 43.7 Å².